The van der Waals surface area contributed by atoms with Crippen LogP contribution in [0, 0.1) is 0 Å². The Hall–Kier alpha value is -1.98. The van der Waals surface area contributed by atoms with E-state index in [2.05, 4.69) is 6.92 Å². The predicted octanol–water partition coefficient (Wildman–Crippen LogP) is 5.57. The van der Waals surface area contributed by atoms with Gasteiger partial charge in [0.15, 0.2) is 5.76 Å². The van der Waals surface area contributed by atoms with Crippen molar-refractivity contribution < 1.29 is 23.1 Å². The van der Waals surface area contributed by atoms with Gasteiger partial charge in [0.1, 0.15) is 0 Å². The zero-order chi connectivity index (χ0) is 19.3. The standard InChI is InChI=1S/C20H26F3NO2/c1-3-5-6-7-8-13-24-16(4-2)17(18(25)19(24)26)14-9-11-15(12-10-14)20(21,22)23/h9-12,16,25H,3-8,13H2,1-2H3. The summed E-state index contributed by atoms with van der Waals surface area (Å²) in [6.07, 6.45) is 1.48. The van der Waals surface area contributed by atoms with Crippen molar-refractivity contribution in [3.8, 4) is 0 Å². The molecule has 0 saturated heterocycles. The van der Waals surface area contributed by atoms with Gasteiger partial charge in [0.2, 0.25) is 0 Å². The molecule has 26 heavy (non-hydrogen) atoms. The van der Waals surface area contributed by atoms with Crippen molar-refractivity contribution in [1.29, 1.82) is 0 Å². The third-order valence-electron chi connectivity index (χ3n) is 4.84. The molecule has 3 nitrogen and oxygen atoms in total. The number of hydrogen-bond acceptors (Lipinski definition) is 2. The van der Waals surface area contributed by atoms with Crippen molar-refractivity contribution >= 4 is 11.5 Å². The van der Waals surface area contributed by atoms with Gasteiger partial charge in [-0.15, -0.1) is 0 Å². The lowest BCUT2D eigenvalue weighted by Crippen LogP contribution is -2.36. The van der Waals surface area contributed by atoms with Crippen molar-refractivity contribution in [2.75, 3.05) is 6.54 Å². The first-order chi connectivity index (χ1) is 12.3. The topological polar surface area (TPSA) is 40.5 Å². The van der Waals surface area contributed by atoms with E-state index in [4.69, 9.17) is 0 Å². The number of carbonyl (C=O) groups is 1. The molecular formula is C20H26F3NO2. The Balaban J connectivity index is 2.16. The van der Waals surface area contributed by atoms with Gasteiger partial charge in [0.25, 0.3) is 5.91 Å². The maximum absolute atomic E-state index is 12.7. The number of hydrogen-bond donors (Lipinski definition) is 1. The van der Waals surface area contributed by atoms with E-state index in [0.717, 1.165) is 44.2 Å². The van der Waals surface area contributed by atoms with Crippen molar-refractivity contribution in [1.82, 2.24) is 4.90 Å². The molecule has 1 aromatic rings. The summed E-state index contributed by atoms with van der Waals surface area (Å²) in [5.41, 5.74) is 0.149. The molecule has 1 aromatic carbocycles. The SMILES string of the molecule is CCCCCCCN1C(=O)C(O)=C(c2ccc(C(F)(F)F)cc2)C1CC. The van der Waals surface area contributed by atoms with Crippen LogP contribution in [0.25, 0.3) is 5.57 Å². The minimum absolute atomic E-state index is 0.301. The fourth-order valence-corrected chi connectivity index (χ4v) is 3.44. The third-order valence-corrected chi connectivity index (χ3v) is 4.84. The Morgan fingerprint density at radius 3 is 2.19 bits per heavy atom. The molecule has 0 spiro atoms. The molecule has 0 aliphatic carbocycles. The quantitative estimate of drug-likeness (QED) is 0.609. The monoisotopic (exact) mass is 369 g/mol. The average Bonchev–Trinajstić information content (AvgIpc) is 2.85. The molecule has 0 fully saturated rings. The van der Waals surface area contributed by atoms with Crippen molar-refractivity contribution in [3.63, 3.8) is 0 Å². The molecule has 1 N–H and O–H groups in total. The van der Waals surface area contributed by atoms with Crippen LogP contribution in [0.15, 0.2) is 30.0 Å². The summed E-state index contributed by atoms with van der Waals surface area (Å²) in [6.45, 7) is 4.59. The molecule has 1 aliphatic rings. The van der Waals surface area contributed by atoms with E-state index in [1.165, 1.54) is 12.1 Å². The summed E-state index contributed by atoms with van der Waals surface area (Å²) >= 11 is 0. The van der Waals surface area contributed by atoms with E-state index in [1.807, 2.05) is 6.92 Å². The molecule has 0 saturated carbocycles. The number of carbonyl (C=O) groups excluding carboxylic acids is 1. The van der Waals surface area contributed by atoms with E-state index in [0.29, 0.717) is 24.1 Å². The highest BCUT2D eigenvalue weighted by molar-refractivity contribution is 6.05. The smallest absolute Gasteiger partial charge is 0.416 e. The van der Waals surface area contributed by atoms with Crippen LogP contribution in [0.5, 0.6) is 0 Å². The zero-order valence-electron chi connectivity index (χ0n) is 15.3. The molecule has 6 heteroatoms. The Bertz CT molecular complexity index is 650. The number of nitrogens with zero attached hydrogens (tertiary/aromatic N) is 1. The lowest BCUT2D eigenvalue weighted by molar-refractivity contribution is -0.137. The van der Waals surface area contributed by atoms with E-state index in [-0.39, 0.29) is 11.8 Å². The first-order valence-corrected chi connectivity index (χ1v) is 9.23. The van der Waals surface area contributed by atoms with Gasteiger partial charge in [-0.2, -0.15) is 13.2 Å². The molecule has 144 valence electrons. The van der Waals surface area contributed by atoms with Crippen LogP contribution in [0.1, 0.15) is 63.5 Å². The average molecular weight is 369 g/mol. The van der Waals surface area contributed by atoms with Gasteiger partial charge in [0, 0.05) is 12.1 Å². The highest BCUT2D eigenvalue weighted by Crippen LogP contribution is 2.36. The highest BCUT2D eigenvalue weighted by atomic mass is 19.4. The van der Waals surface area contributed by atoms with Crippen molar-refractivity contribution in [2.24, 2.45) is 0 Å². The van der Waals surface area contributed by atoms with Gasteiger partial charge < -0.3 is 10.0 Å². The van der Waals surface area contributed by atoms with Gasteiger partial charge in [-0.3, -0.25) is 4.79 Å². The second-order valence-electron chi connectivity index (χ2n) is 6.67. The minimum Gasteiger partial charge on any atom is -0.503 e. The summed E-state index contributed by atoms with van der Waals surface area (Å²) in [7, 11) is 0. The number of halogens is 3. The van der Waals surface area contributed by atoms with Crippen LogP contribution in [0.3, 0.4) is 0 Å². The number of aliphatic hydroxyl groups excluding tert-OH is 1. The fourth-order valence-electron chi connectivity index (χ4n) is 3.44. The molecule has 1 atom stereocenters. The van der Waals surface area contributed by atoms with Crippen molar-refractivity contribution in [2.45, 2.75) is 64.6 Å². The van der Waals surface area contributed by atoms with Crippen LogP contribution >= 0.6 is 0 Å². The van der Waals surface area contributed by atoms with Gasteiger partial charge >= 0.3 is 6.18 Å². The Labute approximate surface area is 152 Å². The Morgan fingerprint density at radius 2 is 1.65 bits per heavy atom. The normalized spacial score (nSPS) is 18.1. The van der Waals surface area contributed by atoms with Gasteiger partial charge in [-0.25, -0.2) is 0 Å². The van der Waals surface area contributed by atoms with Gasteiger partial charge in [-0.05, 0) is 30.5 Å². The third kappa shape index (κ3) is 4.40. The van der Waals surface area contributed by atoms with Crippen LogP contribution in [0.2, 0.25) is 0 Å². The molecule has 0 aromatic heterocycles. The zero-order valence-corrected chi connectivity index (χ0v) is 15.3. The molecule has 0 bridgehead atoms. The van der Waals surface area contributed by atoms with Gasteiger partial charge in [0.05, 0.1) is 11.6 Å². The van der Waals surface area contributed by atoms with Crippen molar-refractivity contribution in [3.05, 3.63) is 41.2 Å². The number of benzene rings is 1. The molecule has 2 rings (SSSR count). The summed E-state index contributed by atoms with van der Waals surface area (Å²) in [5, 5.41) is 10.3. The summed E-state index contributed by atoms with van der Waals surface area (Å²) in [4.78, 5) is 14.1. The number of amides is 1. The predicted molar refractivity (Wildman–Crippen MR) is 95.5 cm³/mol. The maximum atomic E-state index is 12.7. The Morgan fingerprint density at radius 1 is 1.04 bits per heavy atom. The fraction of sp³-hybridized carbons (Fsp3) is 0.550. The van der Waals surface area contributed by atoms with Crippen LogP contribution in [0.4, 0.5) is 13.2 Å². The van der Waals surface area contributed by atoms with Crippen LogP contribution in [-0.2, 0) is 11.0 Å². The van der Waals surface area contributed by atoms with Gasteiger partial charge in [-0.1, -0.05) is 51.7 Å². The second kappa shape index (κ2) is 8.60. The van der Waals surface area contributed by atoms with E-state index >= 15 is 0 Å². The van der Waals surface area contributed by atoms with Crippen LogP contribution in [-0.4, -0.2) is 28.5 Å². The highest BCUT2D eigenvalue weighted by Gasteiger charge is 2.39. The van der Waals surface area contributed by atoms with Crippen LogP contribution < -0.4 is 0 Å². The maximum Gasteiger partial charge on any atom is 0.416 e. The molecular weight excluding hydrogens is 343 g/mol. The number of unbranched alkanes of at least 4 members (excludes halogenated alkanes) is 4. The number of rotatable bonds is 8. The molecule has 1 unspecified atom stereocenters. The molecule has 1 heterocycles. The summed E-state index contributed by atoms with van der Waals surface area (Å²) in [6, 6.07) is 4.33. The number of alkyl halides is 3. The first kappa shape index (κ1) is 20.3. The summed E-state index contributed by atoms with van der Waals surface area (Å²) in [5.74, 6) is -0.771. The largest absolute Gasteiger partial charge is 0.503 e. The molecule has 1 amide bonds. The number of aliphatic hydroxyl groups is 1. The lowest BCUT2D eigenvalue weighted by atomic mass is 9.96. The molecule has 0 radical (unpaired) electrons. The van der Waals surface area contributed by atoms with E-state index in [9.17, 15) is 23.1 Å². The molecule has 1 aliphatic heterocycles. The lowest BCUT2D eigenvalue weighted by Gasteiger charge is -2.26. The van der Waals surface area contributed by atoms with E-state index in [1.54, 1.807) is 4.90 Å². The minimum atomic E-state index is -4.41. The second-order valence-corrected chi connectivity index (χ2v) is 6.67. The first-order valence-electron chi connectivity index (χ1n) is 9.23. The summed E-state index contributed by atoms with van der Waals surface area (Å²) < 4.78 is 38.2. The van der Waals surface area contributed by atoms with E-state index < -0.39 is 17.6 Å². The Kier molecular flexibility index (Phi) is 6.73.